The standard InChI is InChI=1S/C18H20ClF3N4O2/c1-10-7-15(25-17(23)24-10)26-5-2-6-28-9-14(26)12-8-11(3-4-13(12)19)16(27)18(20,21)22/h3-4,7-8,14,16,27H,2,5-6,9H2,1H3,(H2,23,24,25)/t14?,16-/m1/s1. The molecule has 0 saturated carbocycles. The molecule has 0 spiro atoms. The number of aryl methyl sites for hydroxylation is 1. The van der Waals surface area contributed by atoms with Gasteiger partial charge in [-0.2, -0.15) is 18.2 Å². The second-order valence-electron chi connectivity index (χ2n) is 6.59. The van der Waals surface area contributed by atoms with E-state index in [0.29, 0.717) is 36.6 Å². The Labute approximate surface area is 165 Å². The van der Waals surface area contributed by atoms with E-state index in [0.717, 1.165) is 0 Å². The van der Waals surface area contributed by atoms with Crippen LogP contribution in [0, 0.1) is 6.92 Å². The summed E-state index contributed by atoms with van der Waals surface area (Å²) >= 11 is 6.31. The van der Waals surface area contributed by atoms with Gasteiger partial charge in [0.1, 0.15) is 5.82 Å². The summed E-state index contributed by atoms with van der Waals surface area (Å²) in [5.41, 5.74) is 6.57. The van der Waals surface area contributed by atoms with Crippen molar-refractivity contribution in [3.8, 4) is 0 Å². The summed E-state index contributed by atoms with van der Waals surface area (Å²) in [7, 11) is 0. The van der Waals surface area contributed by atoms with Crippen molar-refractivity contribution in [2.24, 2.45) is 0 Å². The summed E-state index contributed by atoms with van der Waals surface area (Å²) in [6, 6.07) is 5.04. The minimum Gasteiger partial charge on any atom is -0.379 e. The van der Waals surface area contributed by atoms with Crippen LogP contribution in [0.3, 0.4) is 0 Å². The van der Waals surface area contributed by atoms with Crippen molar-refractivity contribution in [2.75, 3.05) is 30.4 Å². The van der Waals surface area contributed by atoms with E-state index < -0.39 is 18.3 Å². The Morgan fingerprint density at radius 3 is 2.75 bits per heavy atom. The van der Waals surface area contributed by atoms with Crippen molar-refractivity contribution < 1.29 is 23.0 Å². The van der Waals surface area contributed by atoms with Crippen molar-refractivity contribution in [1.29, 1.82) is 0 Å². The summed E-state index contributed by atoms with van der Waals surface area (Å²) in [5.74, 6) is 0.643. The third-order valence-electron chi connectivity index (χ3n) is 4.50. The molecule has 2 heterocycles. The molecular formula is C18H20ClF3N4O2. The van der Waals surface area contributed by atoms with E-state index in [9.17, 15) is 18.3 Å². The van der Waals surface area contributed by atoms with Gasteiger partial charge in [0.25, 0.3) is 0 Å². The second kappa shape index (κ2) is 8.10. The van der Waals surface area contributed by atoms with Crippen LogP contribution in [0.1, 0.15) is 35.4 Å². The molecule has 1 aliphatic rings. The van der Waals surface area contributed by atoms with Crippen LogP contribution in [-0.4, -0.2) is 41.0 Å². The van der Waals surface area contributed by atoms with E-state index in [1.807, 2.05) is 4.90 Å². The number of nitrogens with two attached hydrogens (primary N) is 1. The summed E-state index contributed by atoms with van der Waals surface area (Å²) in [4.78, 5) is 10.2. The van der Waals surface area contributed by atoms with Crippen LogP contribution >= 0.6 is 11.6 Å². The Bertz CT molecular complexity index is 830. The van der Waals surface area contributed by atoms with Crippen LogP contribution < -0.4 is 10.6 Å². The molecule has 10 heteroatoms. The highest BCUT2D eigenvalue weighted by molar-refractivity contribution is 6.31. The first kappa shape index (κ1) is 20.6. The van der Waals surface area contributed by atoms with Gasteiger partial charge in [-0.1, -0.05) is 17.7 Å². The molecule has 0 bridgehead atoms. The molecule has 152 valence electrons. The topological polar surface area (TPSA) is 84.5 Å². The fourth-order valence-corrected chi connectivity index (χ4v) is 3.45. The third kappa shape index (κ3) is 4.48. The number of aromatic nitrogens is 2. The van der Waals surface area contributed by atoms with Gasteiger partial charge >= 0.3 is 6.18 Å². The normalized spacial score (nSPS) is 19.4. The summed E-state index contributed by atoms with van der Waals surface area (Å²) in [6.45, 7) is 3.02. The number of ether oxygens (including phenoxy) is 1. The van der Waals surface area contributed by atoms with Gasteiger partial charge in [-0.3, -0.25) is 0 Å². The number of anilines is 2. The largest absolute Gasteiger partial charge is 0.418 e. The smallest absolute Gasteiger partial charge is 0.379 e. The van der Waals surface area contributed by atoms with Gasteiger partial charge in [-0.05, 0) is 36.6 Å². The predicted octanol–water partition coefficient (Wildman–Crippen LogP) is 3.58. The van der Waals surface area contributed by atoms with E-state index in [2.05, 4.69) is 9.97 Å². The van der Waals surface area contributed by atoms with E-state index in [-0.39, 0.29) is 23.1 Å². The van der Waals surface area contributed by atoms with Crippen LogP contribution in [0.4, 0.5) is 24.9 Å². The molecule has 2 atom stereocenters. The number of aliphatic hydroxyl groups is 1. The first-order valence-electron chi connectivity index (χ1n) is 8.66. The lowest BCUT2D eigenvalue weighted by Gasteiger charge is -2.32. The van der Waals surface area contributed by atoms with Crippen LogP contribution in [-0.2, 0) is 4.74 Å². The SMILES string of the molecule is Cc1cc(N2CCCOCC2c2cc([C@@H](O)C(F)(F)F)ccc2Cl)nc(N)n1. The highest BCUT2D eigenvalue weighted by atomic mass is 35.5. The minimum atomic E-state index is -4.77. The van der Waals surface area contributed by atoms with Crippen LogP contribution in [0.15, 0.2) is 24.3 Å². The zero-order valence-electron chi connectivity index (χ0n) is 15.1. The molecule has 1 saturated heterocycles. The number of benzene rings is 1. The fourth-order valence-electron chi connectivity index (χ4n) is 3.21. The number of hydrogen-bond acceptors (Lipinski definition) is 6. The molecule has 1 unspecified atom stereocenters. The summed E-state index contributed by atoms with van der Waals surface area (Å²) in [6.07, 6.45) is -6.68. The van der Waals surface area contributed by atoms with Gasteiger partial charge in [0, 0.05) is 29.9 Å². The quantitative estimate of drug-likeness (QED) is 0.795. The lowest BCUT2D eigenvalue weighted by Crippen LogP contribution is -2.32. The van der Waals surface area contributed by atoms with Crippen LogP contribution in [0.2, 0.25) is 5.02 Å². The van der Waals surface area contributed by atoms with Crippen LogP contribution in [0.5, 0.6) is 0 Å². The maximum absolute atomic E-state index is 13.0. The van der Waals surface area contributed by atoms with Crippen molar-refractivity contribution in [3.05, 3.63) is 46.1 Å². The molecule has 0 radical (unpaired) electrons. The molecule has 1 fully saturated rings. The van der Waals surface area contributed by atoms with E-state index >= 15 is 0 Å². The Morgan fingerprint density at radius 2 is 2.07 bits per heavy atom. The predicted molar refractivity (Wildman–Crippen MR) is 99.2 cm³/mol. The molecule has 2 aromatic rings. The first-order chi connectivity index (χ1) is 13.2. The van der Waals surface area contributed by atoms with Crippen molar-refractivity contribution >= 4 is 23.4 Å². The fraction of sp³-hybridized carbons (Fsp3) is 0.444. The maximum Gasteiger partial charge on any atom is 0.418 e. The number of nitrogens with zero attached hydrogens (tertiary/aromatic N) is 3. The van der Waals surface area contributed by atoms with Gasteiger partial charge in [-0.25, -0.2) is 4.98 Å². The van der Waals surface area contributed by atoms with Gasteiger partial charge in [0.2, 0.25) is 5.95 Å². The number of rotatable bonds is 3. The number of alkyl halides is 3. The summed E-state index contributed by atoms with van der Waals surface area (Å²) in [5, 5.41) is 9.91. The van der Waals surface area contributed by atoms with E-state index in [4.69, 9.17) is 22.1 Å². The van der Waals surface area contributed by atoms with E-state index in [1.54, 1.807) is 13.0 Å². The molecule has 3 N–H and O–H groups in total. The molecule has 1 aliphatic heterocycles. The molecule has 3 rings (SSSR count). The number of aliphatic hydroxyl groups excluding tert-OH is 1. The third-order valence-corrected chi connectivity index (χ3v) is 4.84. The second-order valence-corrected chi connectivity index (χ2v) is 7.00. The molecule has 1 aromatic carbocycles. The molecule has 1 aromatic heterocycles. The number of halogens is 4. The van der Waals surface area contributed by atoms with Crippen molar-refractivity contribution in [2.45, 2.75) is 31.7 Å². The zero-order chi connectivity index (χ0) is 20.5. The maximum atomic E-state index is 13.0. The van der Waals surface area contributed by atoms with E-state index in [1.165, 1.54) is 18.2 Å². The number of nitrogen functional groups attached to an aromatic ring is 1. The Hall–Kier alpha value is -2.10. The monoisotopic (exact) mass is 416 g/mol. The molecule has 6 nitrogen and oxygen atoms in total. The Morgan fingerprint density at radius 1 is 1.32 bits per heavy atom. The van der Waals surface area contributed by atoms with Crippen molar-refractivity contribution in [1.82, 2.24) is 9.97 Å². The average Bonchev–Trinajstić information content (AvgIpc) is 2.86. The lowest BCUT2D eigenvalue weighted by molar-refractivity contribution is -0.206. The van der Waals surface area contributed by atoms with Gasteiger partial charge in [-0.15, -0.1) is 0 Å². The highest BCUT2D eigenvalue weighted by Gasteiger charge is 2.40. The zero-order valence-corrected chi connectivity index (χ0v) is 15.8. The lowest BCUT2D eigenvalue weighted by atomic mass is 9.99. The molecule has 0 amide bonds. The number of hydrogen-bond donors (Lipinski definition) is 2. The molecule has 28 heavy (non-hydrogen) atoms. The van der Waals surface area contributed by atoms with Crippen molar-refractivity contribution in [3.63, 3.8) is 0 Å². The summed E-state index contributed by atoms with van der Waals surface area (Å²) < 4.78 is 44.5. The highest BCUT2D eigenvalue weighted by Crippen LogP contribution is 2.38. The van der Waals surface area contributed by atoms with Gasteiger partial charge in [0.15, 0.2) is 6.10 Å². The van der Waals surface area contributed by atoms with Gasteiger partial charge < -0.3 is 20.5 Å². The minimum absolute atomic E-state index is 0.103. The Kier molecular flexibility index (Phi) is 5.97. The first-order valence-corrected chi connectivity index (χ1v) is 9.04. The van der Waals surface area contributed by atoms with Gasteiger partial charge in [0.05, 0.1) is 12.6 Å². The average molecular weight is 417 g/mol. The molecular weight excluding hydrogens is 397 g/mol. The molecule has 0 aliphatic carbocycles. The Balaban J connectivity index is 2.05. The van der Waals surface area contributed by atoms with Crippen LogP contribution in [0.25, 0.3) is 0 Å².